The van der Waals surface area contributed by atoms with Crippen LogP contribution in [0, 0.1) is 0 Å². The van der Waals surface area contributed by atoms with Crippen molar-refractivity contribution in [2.75, 3.05) is 19.1 Å². The zero-order chi connectivity index (χ0) is 23.7. The van der Waals surface area contributed by atoms with Crippen LogP contribution in [0.5, 0.6) is 11.5 Å². The van der Waals surface area contributed by atoms with Crippen molar-refractivity contribution in [2.45, 2.75) is 25.8 Å². The number of nitrogens with zero attached hydrogens (tertiary/aromatic N) is 1. The van der Waals surface area contributed by atoms with Crippen molar-refractivity contribution >= 4 is 23.1 Å². The van der Waals surface area contributed by atoms with Crippen molar-refractivity contribution in [2.24, 2.45) is 0 Å². The molecule has 2 aromatic carbocycles. The van der Waals surface area contributed by atoms with E-state index in [1.165, 1.54) is 25.4 Å². The molecular weight excluding hydrogens is 422 g/mol. The third-order valence-electron chi connectivity index (χ3n) is 5.75. The molecule has 7 nitrogen and oxygen atoms in total. The van der Waals surface area contributed by atoms with Crippen LogP contribution >= 0.6 is 0 Å². The monoisotopic (exact) mass is 447 g/mol. The molecule has 0 bridgehead atoms. The molecule has 1 atom stereocenters. The first-order chi connectivity index (χ1) is 15.9. The minimum absolute atomic E-state index is 0.0601. The topological polar surface area (TPSA) is 89.2 Å². The average Bonchev–Trinajstić information content (AvgIpc) is 3.45. The lowest BCUT2D eigenvalue weighted by molar-refractivity contribution is -0.132. The molecule has 0 saturated carbocycles. The molecule has 1 saturated heterocycles. The van der Waals surface area contributed by atoms with Gasteiger partial charge in [-0.1, -0.05) is 26.0 Å². The van der Waals surface area contributed by atoms with Crippen molar-refractivity contribution in [3.05, 3.63) is 83.3 Å². The van der Waals surface area contributed by atoms with Gasteiger partial charge in [-0.3, -0.25) is 14.5 Å². The number of anilines is 1. The van der Waals surface area contributed by atoms with Crippen molar-refractivity contribution in [1.82, 2.24) is 0 Å². The Balaban J connectivity index is 1.87. The molecule has 1 amide bonds. The molecule has 3 aromatic rings. The molecule has 1 fully saturated rings. The van der Waals surface area contributed by atoms with Crippen LogP contribution in [0.2, 0.25) is 0 Å². The molecule has 33 heavy (non-hydrogen) atoms. The van der Waals surface area contributed by atoms with E-state index in [1.807, 2.05) is 12.1 Å². The summed E-state index contributed by atoms with van der Waals surface area (Å²) in [4.78, 5) is 27.7. The van der Waals surface area contributed by atoms with Gasteiger partial charge in [-0.15, -0.1) is 0 Å². The molecule has 4 rings (SSSR count). The predicted octanol–water partition coefficient (Wildman–Crippen LogP) is 5.05. The van der Waals surface area contributed by atoms with E-state index in [9.17, 15) is 14.7 Å². The summed E-state index contributed by atoms with van der Waals surface area (Å²) in [7, 11) is 2.98. The Bertz CT molecular complexity index is 1210. The molecule has 0 radical (unpaired) electrons. The van der Waals surface area contributed by atoms with Crippen molar-refractivity contribution in [3.8, 4) is 11.5 Å². The normalized spacial score (nSPS) is 17.6. The van der Waals surface area contributed by atoms with Crippen molar-refractivity contribution in [3.63, 3.8) is 0 Å². The van der Waals surface area contributed by atoms with Crippen LogP contribution in [0.4, 0.5) is 5.69 Å². The molecule has 7 heteroatoms. The van der Waals surface area contributed by atoms with E-state index in [-0.39, 0.29) is 11.3 Å². The van der Waals surface area contributed by atoms with Gasteiger partial charge in [-0.05, 0) is 53.9 Å². The van der Waals surface area contributed by atoms with E-state index < -0.39 is 17.7 Å². The molecule has 0 spiro atoms. The second-order valence-electron chi connectivity index (χ2n) is 8.00. The van der Waals surface area contributed by atoms with Gasteiger partial charge in [0.05, 0.1) is 26.1 Å². The number of ketones is 1. The summed E-state index contributed by atoms with van der Waals surface area (Å²) in [5, 5.41) is 11.2. The molecule has 0 aliphatic carbocycles. The van der Waals surface area contributed by atoms with E-state index in [2.05, 4.69) is 13.8 Å². The number of hydrogen-bond acceptors (Lipinski definition) is 6. The Labute approximate surface area is 191 Å². The zero-order valence-electron chi connectivity index (χ0n) is 18.9. The number of methoxy groups -OCH3 is 2. The number of carbonyl (C=O) groups excluding carboxylic acids is 2. The molecule has 1 aromatic heterocycles. The quantitative estimate of drug-likeness (QED) is 0.323. The lowest BCUT2D eigenvalue weighted by Gasteiger charge is -2.24. The molecule has 1 unspecified atom stereocenters. The fourth-order valence-electron chi connectivity index (χ4n) is 3.97. The number of hydrogen-bond donors (Lipinski definition) is 1. The van der Waals surface area contributed by atoms with Gasteiger partial charge in [0.2, 0.25) is 0 Å². The van der Waals surface area contributed by atoms with E-state index in [0.717, 1.165) is 5.56 Å². The standard InChI is InChI=1S/C26H25NO6/c1-15(2)16-7-10-18(11-8-16)27-23(20-6-5-13-33-20)22(25(29)26(27)30)24(28)17-9-12-19(31-3)21(14-17)32-4/h5-15,23,28H,1-4H3/b24-22-. The first-order valence-corrected chi connectivity index (χ1v) is 10.5. The van der Waals surface area contributed by atoms with Gasteiger partial charge < -0.3 is 19.0 Å². The molecule has 2 heterocycles. The minimum Gasteiger partial charge on any atom is -0.507 e. The highest BCUT2D eigenvalue weighted by atomic mass is 16.5. The fraction of sp³-hybridized carbons (Fsp3) is 0.231. The Kier molecular flexibility index (Phi) is 5.96. The van der Waals surface area contributed by atoms with Crippen LogP contribution in [0.1, 0.15) is 42.7 Å². The summed E-state index contributed by atoms with van der Waals surface area (Å²) in [6, 6.07) is 14.6. The lowest BCUT2D eigenvalue weighted by Crippen LogP contribution is -2.29. The highest BCUT2D eigenvalue weighted by Crippen LogP contribution is 2.43. The third-order valence-corrected chi connectivity index (χ3v) is 5.75. The maximum absolute atomic E-state index is 13.2. The maximum Gasteiger partial charge on any atom is 0.300 e. The van der Waals surface area contributed by atoms with Crippen LogP contribution < -0.4 is 14.4 Å². The van der Waals surface area contributed by atoms with Crippen LogP contribution in [0.3, 0.4) is 0 Å². The number of Topliss-reactive ketones (excluding diaryl/α,β-unsaturated/α-hetero) is 1. The summed E-state index contributed by atoms with van der Waals surface area (Å²) in [5.74, 6) is -0.314. The van der Waals surface area contributed by atoms with Gasteiger partial charge in [0.15, 0.2) is 11.5 Å². The molecule has 170 valence electrons. The SMILES string of the molecule is COc1ccc(/C(O)=C2/C(=O)C(=O)N(c3ccc(C(C)C)cc3)C2c2ccco2)cc1OC. The van der Waals surface area contributed by atoms with E-state index in [1.54, 1.807) is 42.5 Å². The van der Waals surface area contributed by atoms with E-state index in [0.29, 0.717) is 34.4 Å². The second-order valence-corrected chi connectivity index (χ2v) is 8.00. The second kappa shape index (κ2) is 8.86. The summed E-state index contributed by atoms with van der Waals surface area (Å²) in [5.41, 5.74) is 1.90. The third kappa shape index (κ3) is 3.86. The van der Waals surface area contributed by atoms with E-state index >= 15 is 0 Å². The Morgan fingerprint density at radius 2 is 1.70 bits per heavy atom. The molecular formula is C26H25NO6. The van der Waals surface area contributed by atoms with E-state index in [4.69, 9.17) is 13.9 Å². The van der Waals surface area contributed by atoms with Crippen LogP contribution in [0.15, 0.2) is 70.9 Å². The Morgan fingerprint density at radius 3 is 2.27 bits per heavy atom. The predicted molar refractivity (Wildman–Crippen MR) is 124 cm³/mol. The number of carbonyl (C=O) groups is 2. The first kappa shape index (κ1) is 22.2. The number of ether oxygens (including phenoxy) is 2. The van der Waals surface area contributed by atoms with Gasteiger partial charge in [0.1, 0.15) is 17.6 Å². The van der Waals surface area contributed by atoms with Gasteiger partial charge in [-0.2, -0.15) is 0 Å². The smallest absolute Gasteiger partial charge is 0.300 e. The number of rotatable bonds is 6. The summed E-state index contributed by atoms with van der Waals surface area (Å²) < 4.78 is 16.2. The number of benzene rings is 2. The number of amides is 1. The van der Waals surface area contributed by atoms with Crippen LogP contribution in [0.25, 0.3) is 5.76 Å². The van der Waals surface area contributed by atoms with Gasteiger partial charge in [0, 0.05) is 11.3 Å². The summed E-state index contributed by atoms with van der Waals surface area (Å²) in [6.45, 7) is 4.15. The lowest BCUT2D eigenvalue weighted by atomic mass is 9.98. The average molecular weight is 447 g/mol. The molecule has 1 N–H and O–H groups in total. The highest BCUT2D eigenvalue weighted by molar-refractivity contribution is 6.51. The number of aliphatic hydroxyl groups excluding tert-OH is 1. The van der Waals surface area contributed by atoms with Gasteiger partial charge in [-0.25, -0.2) is 0 Å². The highest BCUT2D eigenvalue weighted by Gasteiger charge is 2.48. The summed E-state index contributed by atoms with van der Waals surface area (Å²) in [6.07, 6.45) is 1.47. The Hall–Kier alpha value is -4.00. The number of aliphatic hydroxyl groups is 1. The largest absolute Gasteiger partial charge is 0.507 e. The zero-order valence-corrected chi connectivity index (χ0v) is 18.9. The minimum atomic E-state index is -0.919. The van der Waals surface area contributed by atoms with Crippen LogP contribution in [-0.2, 0) is 9.59 Å². The number of furan rings is 1. The first-order valence-electron chi connectivity index (χ1n) is 10.5. The van der Waals surface area contributed by atoms with Crippen molar-refractivity contribution in [1.29, 1.82) is 0 Å². The maximum atomic E-state index is 13.2. The summed E-state index contributed by atoms with van der Waals surface area (Å²) >= 11 is 0. The van der Waals surface area contributed by atoms with Gasteiger partial charge in [0.25, 0.3) is 11.7 Å². The van der Waals surface area contributed by atoms with Crippen LogP contribution in [-0.4, -0.2) is 31.0 Å². The molecule has 1 aliphatic rings. The Morgan fingerprint density at radius 1 is 1.00 bits per heavy atom. The van der Waals surface area contributed by atoms with Crippen molar-refractivity contribution < 1.29 is 28.6 Å². The fourth-order valence-corrected chi connectivity index (χ4v) is 3.97. The molecule has 1 aliphatic heterocycles. The van der Waals surface area contributed by atoms with Gasteiger partial charge >= 0.3 is 0 Å².